The molecule has 0 saturated carbocycles. The zero-order valence-corrected chi connectivity index (χ0v) is 11.7. The highest BCUT2D eigenvalue weighted by Gasteiger charge is 2.25. The van der Waals surface area contributed by atoms with Gasteiger partial charge in [-0.2, -0.15) is 0 Å². The number of nitrogens with zero attached hydrogens (tertiary/aromatic N) is 3. The van der Waals surface area contributed by atoms with Gasteiger partial charge in [-0.15, -0.1) is 0 Å². The summed E-state index contributed by atoms with van der Waals surface area (Å²) < 4.78 is 2.33. The summed E-state index contributed by atoms with van der Waals surface area (Å²) in [6.45, 7) is 3.23. The molecule has 2 aromatic rings. The van der Waals surface area contributed by atoms with Crippen molar-refractivity contribution in [3.63, 3.8) is 0 Å². The highest BCUT2D eigenvalue weighted by Crippen LogP contribution is 2.26. The van der Waals surface area contributed by atoms with Crippen LogP contribution in [0.25, 0.3) is 11.2 Å². The van der Waals surface area contributed by atoms with Crippen molar-refractivity contribution in [2.24, 2.45) is 0 Å². The first-order valence-corrected chi connectivity index (χ1v) is 7.70. The van der Waals surface area contributed by atoms with Gasteiger partial charge in [-0.1, -0.05) is 0 Å². The number of nitrogens with one attached hydrogen (secondary N) is 2. The van der Waals surface area contributed by atoms with E-state index in [0.29, 0.717) is 12.1 Å². The predicted octanol–water partition coefficient (Wildman–Crippen LogP) is 1.61. The number of imidazole rings is 1. The van der Waals surface area contributed by atoms with Crippen molar-refractivity contribution in [3.05, 3.63) is 24.2 Å². The molecule has 5 heteroatoms. The van der Waals surface area contributed by atoms with Gasteiger partial charge in [0.1, 0.15) is 11.3 Å². The van der Waals surface area contributed by atoms with Gasteiger partial charge >= 0.3 is 0 Å². The molecular weight excluding hydrogens is 250 g/mol. The van der Waals surface area contributed by atoms with Gasteiger partial charge in [0.2, 0.25) is 0 Å². The van der Waals surface area contributed by atoms with Crippen LogP contribution in [0.2, 0.25) is 0 Å². The van der Waals surface area contributed by atoms with Crippen molar-refractivity contribution in [2.75, 3.05) is 13.1 Å². The first-order chi connectivity index (χ1) is 9.92. The van der Waals surface area contributed by atoms with E-state index in [1.165, 1.54) is 31.5 Å². The maximum absolute atomic E-state index is 4.85. The zero-order valence-electron chi connectivity index (χ0n) is 11.7. The minimum Gasteiger partial charge on any atom is -0.312 e. The zero-order chi connectivity index (χ0) is 13.4. The van der Waals surface area contributed by atoms with Crippen LogP contribution < -0.4 is 10.6 Å². The van der Waals surface area contributed by atoms with E-state index in [1.54, 1.807) is 0 Å². The lowest BCUT2D eigenvalue weighted by atomic mass is 10.2. The second-order valence-electron chi connectivity index (χ2n) is 5.87. The summed E-state index contributed by atoms with van der Waals surface area (Å²) in [6, 6.07) is 5.00. The molecule has 2 aliphatic heterocycles. The first kappa shape index (κ1) is 12.3. The summed E-state index contributed by atoms with van der Waals surface area (Å²) in [5.41, 5.74) is 2.05. The van der Waals surface area contributed by atoms with E-state index in [2.05, 4.69) is 26.3 Å². The van der Waals surface area contributed by atoms with Crippen LogP contribution in [0.4, 0.5) is 0 Å². The first-order valence-electron chi connectivity index (χ1n) is 7.70. The Labute approximate surface area is 118 Å². The Kier molecular flexibility index (Phi) is 3.16. The highest BCUT2D eigenvalue weighted by molar-refractivity contribution is 5.71. The molecule has 0 aliphatic carbocycles. The Bertz CT molecular complexity index is 593. The third kappa shape index (κ3) is 2.11. The van der Waals surface area contributed by atoms with Crippen LogP contribution in [-0.4, -0.2) is 33.7 Å². The average Bonchev–Trinajstić information content (AvgIpc) is 3.19. The molecule has 0 amide bonds. The van der Waals surface area contributed by atoms with E-state index < -0.39 is 0 Å². The van der Waals surface area contributed by atoms with Crippen molar-refractivity contribution in [2.45, 2.75) is 44.3 Å². The molecule has 2 aromatic heterocycles. The summed E-state index contributed by atoms with van der Waals surface area (Å²) in [5.74, 6) is 1.17. The van der Waals surface area contributed by atoms with Gasteiger partial charge in [0.25, 0.3) is 0 Å². The molecule has 106 valence electrons. The SMILES string of the molecule is c1cnc2c(c1)nc(C1CCCN1)n2CC1CCCN1. The Morgan fingerprint density at radius 2 is 2.10 bits per heavy atom. The lowest BCUT2D eigenvalue weighted by molar-refractivity contribution is 0.477. The summed E-state index contributed by atoms with van der Waals surface area (Å²) in [6.07, 6.45) is 6.82. The number of pyridine rings is 1. The average molecular weight is 271 g/mol. The fourth-order valence-electron chi connectivity index (χ4n) is 3.46. The number of fused-ring (bicyclic) bond motifs is 1. The van der Waals surface area contributed by atoms with Crippen LogP contribution in [0, 0.1) is 0 Å². The minimum absolute atomic E-state index is 0.394. The molecule has 0 aromatic carbocycles. The normalized spacial score (nSPS) is 26.6. The molecule has 4 heterocycles. The van der Waals surface area contributed by atoms with Gasteiger partial charge in [-0.3, -0.25) is 0 Å². The van der Waals surface area contributed by atoms with Gasteiger partial charge in [0.05, 0.1) is 6.04 Å². The molecule has 2 N–H and O–H groups in total. The van der Waals surface area contributed by atoms with E-state index >= 15 is 0 Å². The number of hydrogen-bond acceptors (Lipinski definition) is 4. The molecule has 0 spiro atoms. The minimum atomic E-state index is 0.394. The van der Waals surface area contributed by atoms with Crippen molar-refractivity contribution < 1.29 is 0 Å². The molecular formula is C15H21N5. The van der Waals surface area contributed by atoms with Crippen LogP contribution in [0.3, 0.4) is 0 Å². The number of rotatable bonds is 3. The fourth-order valence-corrected chi connectivity index (χ4v) is 3.46. The maximum Gasteiger partial charge on any atom is 0.160 e. The topological polar surface area (TPSA) is 54.8 Å². The quantitative estimate of drug-likeness (QED) is 0.890. The molecule has 2 fully saturated rings. The van der Waals surface area contributed by atoms with Gasteiger partial charge in [0, 0.05) is 18.8 Å². The van der Waals surface area contributed by atoms with Crippen molar-refractivity contribution >= 4 is 11.2 Å². The molecule has 0 radical (unpaired) electrons. The third-order valence-corrected chi connectivity index (χ3v) is 4.47. The predicted molar refractivity (Wildman–Crippen MR) is 78.5 cm³/mol. The fraction of sp³-hybridized carbons (Fsp3) is 0.600. The standard InChI is InChI=1S/C15H21N5/c1-4-11(16-7-1)10-20-14-13(6-3-9-18-14)19-15(20)12-5-2-8-17-12/h3,6,9,11-12,16-17H,1-2,4-5,7-8,10H2. The van der Waals surface area contributed by atoms with Crippen molar-refractivity contribution in [1.82, 2.24) is 25.2 Å². The van der Waals surface area contributed by atoms with Crippen LogP contribution >= 0.6 is 0 Å². The van der Waals surface area contributed by atoms with E-state index in [1.807, 2.05) is 12.3 Å². The summed E-state index contributed by atoms with van der Waals surface area (Å²) in [4.78, 5) is 9.41. The lowest BCUT2D eigenvalue weighted by Gasteiger charge is -2.17. The number of aromatic nitrogens is 3. The molecule has 5 nitrogen and oxygen atoms in total. The summed E-state index contributed by atoms with van der Waals surface area (Å²) >= 11 is 0. The van der Waals surface area contributed by atoms with Gasteiger partial charge < -0.3 is 15.2 Å². The molecule has 2 saturated heterocycles. The number of hydrogen-bond donors (Lipinski definition) is 2. The van der Waals surface area contributed by atoms with Crippen molar-refractivity contribution in [3.8, 4) is 0 Å². The largest absolute Gasteiger partial charge is 0.312 e. The van der Waals surface area contributed by atoms with E-state index in [0.717, 1.165) is 30.8 Å². The van der Waals surface area contributed by atoms with Gasteiger partial charge in [-0.05, 0) is 50.9 Å². The van der Waals surface area contributed by atoms with Crippen LogP contribution in [0.15, 0.2) is 18.3 Å². The van der Waals surface area contributed by atoms with Crippen LogP contribution in [0.5, 0.6) is 0 Å². The molecule has 0 bridgehead atoms. The molecule has 2 aliphatic rings. The summed E-state index contributed by atoms with van der Waals surface area (Å²) in [7, 11) is 0. The molecule has 4 rings (SSSR count). The second kappa shape index (κ2) is 5.14. The maximum atomic E-state index is 4.85. The van der Waals surface area contributed by atoms with E-state index in [-0.39, 0.29) is 0 Å². The van der Waals surface area contributed by atoms with Crippen LogP contribution in [0.1, 0.15) is 37.5 Å². The van der Waals surface area contributed by atoms with Gasteiger partial charge in [-0.25, -0.2) is 9.97 Å². The van der Waals surface area contributed by atoms with Gasteiger partial charge in [0.15, 0.2) is 5.65 Å². The Hall–Kier alpha value is -1.46. The van der Waals surface area contributed by atoms with E-state index in [4.69, 9.17) is 4.98 Å². The smallest absolute Gasteiger partial charge is 0.160 e. The van der Waals surface area contributed by atoms with E-state index in [9.17, 15) is 0 Å². The van der Waals surface area contributed by atoms with Crippen molar-refractivity contribution in [1.29, 1.82) is 0 Å². The monoisotopic (exact) mass is 271 g/mol. The molecule has 20 heavy (non-hydrogen) atoms. The second-order valence-corrected chi connectivity index (χ2v) is 5.87. The lowest BCUT2D eigenvalue weighted by Crippen LogP contribution is -2.29. The highest BCUT2D eigenvalue weighted by atomic mass is 15.2. The van der Waals surface area contributed by atoms with Crippen LogP contribution in [-0.2, 0) is 6.54 Å². The third-order valence-electron chi connectivity index (χ3n) is 4.47. The summed E-state index contributed by atoms with van der Waals surface area (Å²) in [5, 5.41) is 7.15. The molecule has 2 atom stereocenters. The Morgan fingerprint density at radius 1 is 1.20 bits per heavy atom. The Balaban J connectivity index is 1.75. The molecule has 2 unspecified atom stereocenters. The Morgan fingerprint density at radius 3 is 2.90 bits per heavy atom.